The SMILES string of the molecule is NCC1(C(=O)Cc2cc(Cl)ccc2Cl)CCCC1. The molecule has 1 fully saturated rings. The van der Waals surface area contributed by atoms with Crippen LogP contribution >= 0.6 is 23.2 Å². The highest BCUT2D eigenvalue weighted by Gasteiger charge is 2.39. The van der Waals surface area contributed by atoms with Crippen LogP contribution in [-0.4, -0.2) is 12.3 Å². The van der Waals surface area contributed by atoms with Crippen LogP contribution in [0, 0.1) is 5.41 Å². The van der Waals surface area contributed by atoms with Gasteiger partial charge in [-0.2, -0.15) is 0 Å². The van der Waals surface area contributed by atoms with E-state index in [1.54, 1.807) is 18.2 Å². The Morgan fingerprint density at radius 1 is 1.28 bits per heavy atom. The first-order valence-corrected chi connectivity index (χ1v) is 7.00. The fourth-order valence-electron chi connectivity index (χ4n) is 2.69. The Bertz CT molecular complexity index is 453. The lowest BCUT2D eigenvalue weighted by Crippen LogP contribution is -2.37. The van der Waals surface area contributed by atoms with Crippen LogP contribution in [0.15, 0.2) is 18.2 Å². The van der Waals surface area contributed by atoms with Crippen molar-refractivity contribution in [2.75, 3.05) is 6.54 Å². The molecular formula is C14H17Cl2NO. The van der Waals surface area contributed by atoms with Gasteiger partial charge in [0.15, 0.2) is 0 Å². The highest BCUT2D eigenvalue weighted by molar-refractivity contribution is 6.33. The Morgan fingerprint density at radius 3 is 2.56 bits per heavy atom. The summed E-state index contributed by atoms with van der Waals surface area (Å²) in [6, 6.07) is 5.23. The third-order valence-corrected chi connectivity index (χ3v) is 4.51. The first kappa shape index (κ1) is 13.9. The predicted octanol–water partition coefficient (Wildman–Crippen LogP) is 3.62. The van der Waals surface area contributed by atoms with Gasteiger partial charge in [-0.25, -0.2) is 0 Å². The predicted molar refractivity (Wildman–Crippen MR) is 75.1 cm³/mol. The first-order chi connectivity index (χ1) is 8.57. The minimum Gasteiger partial charge on any atom is -0.329 e. The van der Waals surface area contributed by atoms with Crippen molar-refractivity contribution >= 4 is 29.0 Å². The molecule has 0 radical (unpaired) electrons. The van der Waals surface area contributed by atoms with Crippen LogP contribution in [0.5, 0.6) is 0 Å². The normalized spacial score (nSPS) is 17.9. The molecule has 1 aliphatic rings. The number of carbonyl (C=O) groups is 1. The van der Waals surface area contributed by atoms with Gasteiger partial charge >= 0.3 is 0 Å². The molecule has 0 spiro atoms. The summed E-state index contributed by atoms with van der Waals surface area (Å²) in [5.41, 5.74) is 6.28. The number of ketones is 1. The molecule has 0 amide bonds. The summed E-state index contributed by atoms with van der Waals surface area (Å²) in [6.45, 7) is 0.435. The molecule has 0 aromatic heterocycles. The maximum absolute atomic E-state index is 12.4. The summed E-state index contributed by atoms with van der Waals surface area (Å²) >= 11 is 12.0. The molecule has 1 saturated carbocycles. The molecular weight excluding hydrogens is 269 g/mol. The monoisotopic (exact) mass is 285 g/mol. The van der Waals surface area contributed by atoms with Crippen LogP contribution in [0.1, 0.15) is 31.2 Å². The lowest BCUT2D eigenvalue weighted by atomic mass is 9.79. The Hall–Kier alpha value is -0.570. The Labute approximate surface area is 117 Å². The Kier molecular flexibility index (Phi) is 4.31. The molecule has 0 saturated heterocycles. The van der Waals surface area contributed by atoms with Gasteiger partial charge in [0.05, 0.1) is 0 Å². The standard InChI is InChI=1S/C14H17Cl2NO/c15-11-3-4-12(16)10(7-11)8-13(18)14(9-17)5-1-2-6-14/h3-4,7H,1-2,5-6,8-9,17H2. The molecule has 1 aliphatic carbocycles. The van der Waals surface area contributed by atoms with Crippen molar-refractivity contribution in [3.63, 3.8) is 0 Å². The molecule has 2 N–H and O–H groups in total. The van der Waals surface area contributed by atoms with Gasteiger partial charge in [-0.1, -0.05) is 36.0 Å². The van der Waals surface area contributed by atoms with Gasteiger partial charge in [0, 0.05) is 28.4 Å². The van der Waals surface area contributed by atoms with E-state index >= 15 is 0 Å². The molecule has 1 aromatic rings. The number of Topliss-reactive ketones (excluding diaryl/α,β-unsaturated/α-hetero) is 1. The van der Waals surface area contributed by atoms with Gasteiger partial charge in [0.2, 0.25) is 0 Å². The van der Waals surface area contributed by atoms with E-state index < -0.39 is 0 Å². The highest BCUT2D eigenvalue weighted by Crippen LogP contribution is 2.39. The third kappa shape index (κ3) is 2.71. The topological polar surface area (TPSA) is 43.1 Å². The lowest BCUT2D eigenvalue weighted by molar-refractivity contribution is -0.127. The molecule has 2 rings (SSSR count). The zero-order chi connectivity index (χ0) is 13.2. The van der Waals surface area contributed by atoms with Crippen LogP contribution in [0.3, 0.4) is 0 Å². The lowest BCUT2D eigenvalue weighted by Gasteiger charge is -2.25. The van der Waals surface area contributed by atoms with Crippen molar-refractivity contribution in [1.82, 2.24) is 0 Å². The number of benzene rings is 1. The quantitative estimate of drug-likeness (QED) is 0.918. The number of hydrogen-bond donors (Lipinski definition) is 1. The zero-order valence-corrected chi connectivity index (χ0v) is 11.7. The molecule has 0 aliphatic heterocycles. The minimum absolute atomic E-state index is 0.201. The fourth-order valence-corrected chi connectivity index (χ4v) is 3.07. The number of nitrogens with two attached hydrogens (primary N) is 1. The molecule has 0 atom stereocenters. The third-order valence-electron chi connectivity index (χ3n) is 3.90. The summed E-state index contributed by atoms with van der Waals surface area (Å²) in [7, 11) is 0. The first-order valence-electron chi connectivity index (χ1n) is 6.25. The van der Waals surface area contributed by atoms with Crippen LogP contribution in [0.25, 0.3) is 0 Å². The van der Waals surface area contributed by atoms with Gasteiger partial charge in [-0.05, 0) is 36.6 Å². The second-order valence-corrected chi connectivity index (χ2v) is 5.87. The number of hydrogen-bond acceptors (Lipinski definition) is 2. The van der Waals surface area contributed by atoms with Gasteiger partial charge in [-0.3, -0.25) is 4.79 Å². The van der Waals surface area contributed by atoms with E-state index in [1.807, 2.05) is 0 Å². The smallest absolute Gasteiger partial charge is 0.144 e. The van der Waals surface area contributed by atoms with E-state index in [0.717, 1.165) is 31.2 Å². The van der Waals surface area contributed by atoms with Crippen LogP contribution in [0.2, 0.25) is 10.0 Å². The van der Waals surface area contributed by atoms with Gasteiger partial charge in [-0.15, -0.1) is 0 Å². The van der Waals surface area contributed by atoms with E-state index in [0.29, 0.717) is 23.0 Å². The minimum atomic E-state index is -0.328. The average Bonchev–Trinajstić information content (AvgIpc) is 2.84. The fraction of sp³-hybridized carbons (Fsp3) is 0.500. The van der Waals surface area contributed by atoms with Crippen LogP contribution in [-0.2, 0) is 11.2 Å². The van der Waals surface area contributed by atoms with Crippen molar-refractivity contribution in [2.45, 2.75) is 32.1 Å². The Morgan fingerprint density at radius 2 is 1.94 bits per heavy atom. The van der Waals surface area contributed by atoms with Gasteiger partial charge in [0.25, 0.3) is 0 Å². The molecule has 2 nitrogen and oxygen atoms in total. The largest absolute Gasteiger partial charge is 0.329 e. The van der Waals surface area contributed by atoms with E-state index in [2.05, 4.69) is 0 Å². The summed E-state index contributed by atoms with van der Waals surface area (Å²) < 4.78 is 0. The molecule has 0 heterocycles. The molecule has 4 heteroatoms. The number of carbonyl (C=O) groups excluding carboxylic acids is 1. The van der Waals surface area contributed by atoms with Crippen LogP contribution in [0.4, 0.5) is 0 Å². The second kappa shape index (κ2) is 5.60. The van der Waals surface area contributed by atoms with Crippen molar-refractivity contribution in [2.24, 2.45) is 11.1 Å². The molecule has 98 valence electrons. The van der Waals surface area contributed by atoms with Crippen molar-refractivity contribution < 1.29 is 4.79 Å². The molecule has 18 heavy (non-hydrogen) atoms. The van der Waals surface area contributed by atoms with E-state index in [1.165, 1.54) is 0 Å². The summed E-state index contributed by atoms with van der Waals surface area (Å²) in [5, 5.41) is 1.20. The summed E-state index contributed by atoms with van der Waals surface area (Å²) in [4.78, 5) is 12.4. The van der Waals surface area contributed by atoms with E-state index in [-0.39, 0.29) is 11.2 Å². The highest BCUT2D eigenvalue weighted by atomic mass is 35.5. The van der Waals surface area contributed by atoms with E-state index in [9.17, 15) is 4.79 Å². The van der Waals surface area contributed by atoms with Crippen molar-refractivity contribution in [3.05, 3.63) is 33.8 Å². The average molecular weight is 286 g/mol. The van der Waals surface area contributed by atoms with Crippen molar-refractivity contribution in [1.29, 1.82) is 0 Å². The molecule has 0 bridgehead atoms. The summed E-state index contributed by atoms with van der Waals surface area (Å²) in [6.07, 6.45) is 4.32. The number of rotatable bonds is 4. The number of halogens is 2. The van der Waals surface area contributed by atoms with E-state index in [4.69, 9.17) is 28.9 Å². The van der Waals surface area contributed by atoms with Gasteiger partial charge < -0.3 is 5.73 Å². The van der Waals surface area contributed by atoms with Gasteiger partial charge in [0.1, 0.15) is 5.78 Å². The van der Waals surface area contributed by atoms with Crippen molar-refractivity contribution in [3.8, 4) is 0 Å². The maximum atomic E-state index is 12.4. The second-order valence-electron chi connectivity index (χ2n) is 5.03. The summed E-state index contributed by atoms with van der Waals surface area (Å²) in [5.74, 6) is 0.201. The zero-order valence-electron chi connectivity index (χ0n) is 10.2. The maximum Gasteiger partial charge on any atom is 0.144 e. The molecule has 1 aromatic carbocycles. The Balaban J connectivity index is 2.18. The van der Waals surface area contributed by atoms with Crippen LogP contribution < -0.4 is 5.73 Å². The molecule has 0 unspecified atom stereocenters.